The minimum atomic E-state index is -0.748. The van der Waals surface area contributed by atoms with Crippen LogP contribution >= 0.6 is 0 Å². The van der Waals surface area contributed by atoms with Crippen LogP contribution in [0.15, 0.2) is 42.6 Å². The zero-order valence-electron chi connectivity index (χ0n) is 12.2. The molecule has 3 heteroatoms. The Morgan fingerprint density at radius 1 is 1.00 bits per heavy atom. The van der Waals surface area contributed by atoms with Crippen molar-refractivity contribution in [3.63, 3.8) is 0 Å². The number of aliphatic hydroxyl groups is 1. The van der Waals surface area contributed by atoms with Gasteiger partial charge in [-0.3, -0.25) is 0 Å². The zero-order chi connectivity index (χ0) is 14.2. The summed E-state index contributed by atoms with van der Waals surface area (Å²) in [5, 5.41) is 15.4. The summed E-state index contributed by atoms with van der Waals surface area (Å²) in [7, 11) is 0. The monoisotopic (exact) mass is 270 g/mol. The van der Waals surface area contributed by atoms with Gasteiger partial charge in [0.25, 0.3) is 0 Å². The molecule has 0 radical (unpaired) electrons. The van der Waals surface area contributed by atoms with Gasteiger partial charge >= 0.3 is 0 Å². The number of nitrogens with zero attached hydrogens (tertiary/aromatic N) is 2. The number of benzene rings is 1. The molecule has 0 aliphatic heterocycles. The quantitative estimate of drug-likeness (QED) is 0.904. The molecule has 1 heterocycles. The molecule has 0 unspecified atom stereocenters. The van der Waals surface area contributed by atoms with Crippen LogP contribution in [0, 0.1) is 5.41 Å². The molecule has 3 nitrogen and oxygen atoms in total. The van der Waals surface area contributed by atoms with Crippen molar-refractivity contribution in [1.82, 2.24) is 9.78 Å². The summed E-state index contributed by atoms with van der Waals surface area (Å²) >= 11 is 0. The van der Waals surface area contributed by atoms with Crippen LogP contribution in [0.1, 0.15) is 45.2 Å². The minimum absolute atomic E-state index is 0.337. The lowest BCUT2D eigenvalue weighted by Crippen LogP contribution is -2.36. The lowest BCUT2D eigenvalue weighted by atomic mass is 9.70. The average Bonchev–Trinajstić information content (AvgIpc) is 2.94. The fourth-order valence-electron chi connectivity index (χ4n) is 3.03. The largest absolute Gasteiger partial charge is 0.384 e. The van der Waals surface area contributed by atoms with Crippen LogP contribution in [0.4, 0.5) is 0 Å². The molecule has 0 bridgehead atoms. The van der Waals surface area contributed by atoms with Gasteiger partial charge in [0, 0.05) is 6.20 Å². The van der Waals surface area contributed by atoms with Crippen LogP contribution in [-0.2, 0) is 5.60 Å². The second-order valence-corrected chi connectivity index (χ2v) is 6.66. The normalized spacial score (nSPS) is 20.8. The minimum Gasteiger partial charge on any atom is -0.384 e. The fraction of sp³-hybridized carbons (Fsp3) is 0.471. The third-order valence-corrected chi connectivity index (χ3v) is 4.55. The maximum atomic E-state index is 11.0. The Morgan fingerprint density at radius 2 is 1.65 bits per heavy atom. The van der Waals surface area contributed by atoms with E-state index in [-0.39, 0.29) is 0 Å². The van der Waals surface area contributed by atoms with E-state index in [1.54, 1.807) is 6.20 Å². The molecule has 0 atom stereocenters. The van der Waals surface area contributed by atoms with Crippen LogP contribution < -0.4 is 0 Å². The van der Waals surface area contributed by atoms with Gasteiger partial charge in [-0.25, -0.2) is 4.68 Å². The molecule has 1 aliphatic carbocycles. The van der Waals surface area contributed by atoms with Crippen molar-refractivity contribution in [3.8, 4) is 5.69 Å². The Labute approximate surface area is 120 Å². The highest BCUT2D eigenvalue weighted by atomic mass is 16.3. The Morgan fingerprint density at radius 3 is 2.30 bits per heavy atom. The topological polar surface area (TPSA) is 38.1 Å². The van der Waals surface area contributed by atoms with Gasteiger partial charge in [-0.2, -0.15) is 5.10 Å². The first-order valence-corrected chi connectivity index (χ1v) is 7.33. The maximum absolute atomic E-state index is 11.0. The molecule has 1 aromatic heterocycles. The van der Waals surface area contributed by atoms with Crippen LogP contribution in [0.2, 0.25) is 0 Å². The summed E-state index contributed by atoms with van der Waals surface area (Å²) in [6.07, 6.45) is 5.48. The van der Waals surface area contributed by atoms with Gasteiger partial charge in [-0.15, -0.1) is 0 Å². The van der Waals surface area contributed by atoms with Crippen LogP contribution in [0.3, 0.4) is 0 Å². The third-order valence-electron chi connectivity index (χ3n) is 4.55. The summed E-state index contributed by atoms with van der Waals surface area (Å²) < 4.78 is 1.87. The van der Waals surface area contributed by atoms with Crippen molar-refractivity contribution >= 4 is 0 Å². The number of aromatic nitrogens is 2. The predicted molar refractivity (Wildman–Crippen MR) is 79.7 cm³/mol. The SMILES string of the molecule is CC1(C)CCC(O)(c2ccnn2-c2ccccc2)CC1. The summed E-state index contributed by atoms with van der Waals surface area (Å²) in [6, 6.07) is 12.0. The van der Waals surface area contributed by atoms with Gasteiger partial charge in [0.1, 0.15) is 5.60 Å². The third kappa shape index (κ3) is 2.38. The van der Waals surface area contributed by atoms with Gasteiger partial charge in [0.15, 0.2) is 0 Å². The van der Waals surface area contributed by atoms with E-state index in [1.165, 1.54) is 0 Å². The summed E-state index contributed by atoms with van der Waals surface area (Å²) in [5.41, 5.74) is 1.51. The Bertz CT molecular complexity index is 576. The molecule has 1 fully saturated rings. The standard InChI is InChI=1S/C17H22N2O/c1-16(2)9-11-17(20,12-10-16)15-8-13-18-19(15)14-6-4-3-5-7-14/h3-8,13,20H,9-12H2,1-2H3. The molecule has 0 spiro atoms. The van der Waals surface area contributed by atoms with E-state index in [0.29, 0.717) is 5.41 Å². The molecular formula is C17H22N2O. The summed E-state index contributed by atoms with van der Waals surface area (Å²) in [5.74, 6) is 0. The Hall–Kier alpha value is -1.61. The van der Waals surface area contributed by atoms with Crippen molar-refractivity contribution in [3.05, 3.63) is 48.3 Å². The first-order valence-electron chi connectivity index (χ1n) is 7.33. The van der Waals surface area contributed by atoms with E-state index in [1.807, 2.05) is 41.1 Å². The highest BCUT2D eigenvalue weighted by Gasteiger charge is 2.40. The number of para-hydroxylation sites is 1. The molecule has 3 rings (SSSR count). The van der Waals surface area contributed by atoms with E-state index in [0.717, 1.165) is 37.1 Å². The highest BCUT2D eigenvalue weighted by molar-refractivity contribution is 5.34. The van der Waals surface area contributed by atoms with Crippen molar-refractivity contribution in [2.75, 3.05) is 0 Å². The molecule has 20 heavy (non-hydrogen) atoms. The molecule has 1 aliphatic rings. The first kappa shape index (κ1) is 13.4. The van der Waals surface area contributed by atoms with Crippen LogP contribution in [-0.4, -0.2) is 14.9 Å². The molecule has 1 aromatic carbocycles. The van der Waals surface area contributed by atoms with Gasteiger partial charge in [0.05, 0.1) is 11.4 Å². The Balaban J connectivity index is 1.94. The number of rotatable bonds is 2. The van der Waals surface area contributed by atoms with Crippen molar-refractivity contribution < 1.29 is 5.11 Å². The fourth-order valence-corrected chi connectivity index (χ4v) is 3.03. The zero-order valence-corrected chi connectivity index (χ0v) is 12.2. The van der Waals surface area contributed by atoms with Gasteiger partial charge in [-0.05, 0) is 49.3 Å². The Kier molecular flexibility index (Phi) is 3.17. The molecule has 2 aromatic rings. The molecule has 0 saturated heterocycles. The summed E-state index contributed by atoms with van der Waals surface area (Å²) in [4.78, 5) is 0. The van der Waals surface area contributed by atoms with E-state index in [2.05, 4.69) is 18.9 Å². The lowest BCUT2D eigenvalue weighted by molar-refractivity contribution is -0.0357. The lowest BCUT2D eigenvalue weighted by Gasteiger charge is -2.40. The van der Waals surface area contributed by atoms with E-state index >= 15 is 0 Å². The van der Waals surface area contributed by atoms with E-state index < -0.39 is 5.60 Å². The molecule has 0 amide bonds. The predicted octanol–water partition coefficient (Wildman–Crippen LogP) is 3.66. The average molecular weight is 270 g/mol. The van der Waals surface area contributed by atoms with Gasteiger partial charge < -0.3 is 5.11 Å². The molecule has 1 N–H and O–H groups in total. The summed E-state index contributed by atoms with van der Waals surface area (Å²) in [6.45, 7) is 4.56. The van der Waals surface area contributed by atoms with Crippen molar-refractivity contribution in [1.29, 1.82) is 0 Å². The first-order chi connectivity index (χ1) is 9.50. The van der Waals surface area contributed by atoms with Crippen molar-refractivity contribution in [2.24, 2.45) is 5.41 Å². The molecular weight excluding hydrogens is 248 g/mol. The smallest absolute Gasteiger partial charge is 0.107 e. The van der Waals surface area contributed by atoms with E-state index in [9.17, 15) is 5.11 Å². The molecule has 1 saturated carbocycles. The van der Waals surface area contributed by atoms with Gasteiger partial charge in [0.2, 0.25) is 0 Å². The van der Waals surface area contributed by atoms with Crippen molar-refractivity contribution in [2.45, 2.75) is 45.1 Å². The maximum Gasteiger partial charge on any atom is 0.107 e. The van der Waals surface area contributed by atoms with Crippen LogP contribution in [0.5, 0.6) is 0 Å². The van der Waals surface area contributed by atoms with Crippen LogP contribution in [0.25, 0.3) is 5.69 Å². The number of hydrogen-bond acceptors (Lipinski definition) is 2. The highest BCUT2D eigenvalue weighted by Crippen LogP contribution is 2.45. The van der Waals surface area contributed by atoms with E-state index in [4.69, 9.17) is 0 Å². The number of hydrogen-bond donors (Lipinski definition) is 1. The second-order valence-electron chi connectivity index (χ2n) is 6.66. The molecule has 106 valence electrons. The second kappa shape index (κ2) is 4.74. The van der Waals surface area contributed by atoms with Gasteiger partial charge in [-0.1, -0.05) is 32.0 Å².